The molecule has 0 saturated carbocycles. The molecule has 1 fully saturated rings. The van der Waals surface area contributed by atoms with Crippen molar-refractivity contribution >= 4 is 6.03 Å². The fraction of sp³-hybridized carbons (Fsp3) is 0.471. The molecule has 0 spiro atoms. The lowest BCUT2D eigenvalue weighted by molar-refractivity contribution is 0.126. The van der Waals surface area contributed by atoms with E-state index in [-0.39, 0.29) is 12.1 Å². The van der Waals surface area contributed by atoms with E-state index < -0.39 is 0 Å². The number of nitrogens with one attached hydrogen (secondary N) is 1. The SMILES string of the molecule is Cc1cc(CN2CCN(C(=O)N[C@@H](C)c3ccncc3)CC2)on1. The van der Waals surface area contributed by atoms with E-state index in [1.165, 1.54) is 0 Å². The third-order valence-electron chi connectivity index (χ3n) is 4.26. The summed E-state index contributed by atoms with van der Waals surface area (Å²) in [6, 6.07) is 5.74. The molecule has 7 heteroatoms. The highest BCUT2D eigenvalue weighted by atomic mass is 16.5. The monoisotopic (exact) mass is 329 g/mol. The number of carbonyl (C=O) groups is 1. The smallest absolute Gasteiger partial charge is 0.317 e. The van der Waals surface area contributed by atoms with Gasteiger partial charge in [0.05, 0.1) is 18.3 Å². The lowest BCUT2D eigenvalue weighted by Crippen LogP contribution is -2.51. The summed E-state index contributed by atoms with van der Waals surface area (Å²) in [5.74, 6) is 0.872. The molecule has 1 N–H and O–H groups in total. The van der Waals surface area contributed by atoms with Crippen molar-refractivity contribution in [2.75, 3.05) is 26.2 Å². The third-order valence-corrected chi connectivity index (χ3v) is 4.26. The minimum atomic E-state index is -0.0318. The molecule has 0 unspecified atom stereocenters. The van der Waals surface area contributed by atoms with Crippen molar-refractivity contribution in [1.29, 1.82) is 0 Å². The highest BCUT2D eigenvalue weighted by Crippen LogP contribution is 2.13. The molecule has 24 heavy (non-hydrogen) atoms. The molecule has 0 aromatic carbocycles. The lowest BCUT2D eigenvalue weighted by Gasteiger charge is -2.34. The number of hydrogen-bond acceptors (Lipinski definition) is 5. The van der Waals surface area contributed by atoms with Crippen molar-refractivity contribution in [3.63, 3.8) is 0 Å². The maximum absolute atomic E-state index is 12.4. The largest absolute Gasteiger partial charge is 0.360 e. The van der Waals surface area contributed by atoms with Gasteiger partial charge >= 0.3 is 6.03 Å². The Bertz CT molecular complexity index is 665. The van der Waals surface area contributed by atoms with Gasteiger partial charge in [0.2, 0.25) is 0 Å². The van der Waals surface area contributed by atoms with Gasteiger partial charge in [-0.1, -0.05) is 5.16 Å². The number of aryl methyl sites for hydroxylation is 1. The maximum atomic E-state index is 12.4. The number of piperazine rings is 1. The molecule has 1 saturated heterocycles. The number of urea groups is 1. The predicted molar refractivity (Wildman–Crippen MR) is 89.3 cm³/mol. The van der Waals surface area contributed by atoms with Crippen LogP contribution in [-0.2, 0) is 6.54 Å². The van der Waals surface area contributed by atoms with Gasteiger partial charge in [0.1, 0.15) is 0 Å². The van der Waals surface area contributed by atoms with Crippen LogP contribution in [0.25, 0.3) is 0 Å². The summed E-state index contributed by atoms with van der Waals surface area (Å²) in [5.41, 5.74) is 1.95. The predicted octanol–water partition coefficient (Wildman–Crippen LogP) is 1.97. The fourth-order valence-corrected chi connectivity index (χ4v) is 2.83. The van der Waals surface area contributed by atoms with E-state index in [9.17, 15) is 4.79 Å². The number of amides is 2. The average Bonchev–Trinajstić information content (AvgIpc) is 3.01. The topological polar surface area (TPSA) is 74.5 Å². The first-order valence-electron chi connectivity index (χ1n) is 8.22. The highest BCUT2D eigenvalue weighted by molar-refractivity contribution is 5.74. The van der Waals surface area contributed by atoms with Gasteiger partial charge < -0.3 is 14.7 Å². The highest BCUT2D eigenvalue weighted by Gasteiger charge is 2.23. The van der Waals surface area contributed by atoms with Crippen molar-refractivity contribution in [3.05, 3.63) is 47.6 Å². The summed E-state index contributed by atoms with van der Waals surface area (Å²) < 4.78 is 5.25. The summed E-state index contributed by atoms with van der Waals surface area (Å²) in [6.07, 6.45) is 3.48. The maximum Gasteiger partial charge on any atom is 0.317 e. The Hall–Kier alpha value is -2.41. The first kappa shape index (κ1) is 16.4. The van der Waals surface area contributed by atoms with E-state index in [1.54, 1.807) is 12.4 Å². The quantitative estimate of drug-likeness (QED) is 0.928. The second kappa shape index (κ2) is 7.44. The molecule has 1 aliphatic rings. The van der Waals surface area contributed by atoms with Gasteiger partial charge in [-0.05, 0) is 31.5 Å². The van der Waals surface area contributed by atoms with E-state index in [2.05, 4.69) is 20.4 Å². The molecule has 2 aromatic rings. The summed E-state index contributed by atoms with van der Waals surface area (Å²) in [5, 5.41) is 6.95. The van der Waals surface area contributed by atoms with Gasteiger partial charge in [-0.15, -0.1) is 0 Å². The molecule has 128 valence electrons. The van der Waals surface area contributed by atoms with Crippen LogP contribution in [0.1, 0.15) is 30.0 Å². The van der Waals surface area contributed by atoms with Crippen molar-refractivity contribution in [2.45, 2.75) is 26.4 Å². The normalized spacial score (nSPS) is 16.8. The van der Waals surface area contributed by atoms with Crippen LogP contribution in [0.15, 0.2) is 35.1 Å². The van der Waals surface area contributed by atoms with E-state index in [4.69, 9.17) is 4.52 Å². The second-order valence-electron chi connectivity index (χ2n) is 6.15. The zero-order valence-corrected chi connectivity index (χ0v) is 14.1. The van der Waals surface area contributed by atoms with Crippen molar-refractivity contribution in [3.8, 4) is 0 Å². The lowest BCUT2D eigenvalue weighted by atomic mass is 10.1. The zero-order valence-electron chi connectivity index (χ0n) is 14.1. The number of aromatic nitrogens is 2. The molecule has 0 aliphatic carbocycles. The third kappa shape index (κ3) is 4.11. The molecule has 3 rings (SSSR count). The van der Waals surface area contributed by atoms with Crippen molar-refractivity contribution in [2.24, 2.45) is 0 Å². The standard InChI is InChI=1S/C17H23N5O2/c1-13-11-16(24-20-13)12-21-7-9-22(10-8-21)17(23)19-14(2)15-3-5-18-6-4-15/h3-6,11,14H,7-10,12H2,1-2H3,(H,19,23)/t14-/m0/s1. The number of hydrogen-bond donors (Lipinski definition) is 1. The summed E-state index contributed by atoms with van der Waals surface area (Å²) in [7, 11) is 0. The molecule has 0 bridgehead atoms. The van der Waals surface area contributed by atoms with Crippen LogP contribution >= 0.6 is 0 Å². The van der Waals surface area contributed by atoms with Gasteiger partial charge in [0.15, 0.2) is 5.76 Å². The number of nitrogens with zero attached hydrogens (tertiary/aromatic N) is 4. The van der Waals surface area contributed by atoms with Crippen LogP contribution in [0.3, 0.4) is 0 Å². The first-order valence-corrected chi connectivity index (χ1v) is 8.22. The number of pyridine rings is 1. The van der Waals surface area contributed by atoms with Crippen LogP contribution in [-0.4, -0.2) is 52.2 Å². The summed E-state index contributed by atoms with van der Waals surface area (Å²) in [6.45, 7) is 7.72. The molecule has 2 amide bonds. The Labute approximate surface area is 141 Å². The Morgan fingerprint density at radius 2 is 2.00 bits per heavy atom. The van der Waals surface area contributed by atoms with Crippen LogP contribution in [0, 0.1) is 6.92 Å². The second-order valence-corrected chi connectivity index (χ2v) is 6.15. The molecule has 1 aliphatic heterocycles. The fourth-order valence-electron chi connectivity index (χ4n) is 2.83. The van der Waals surface area contributed by atoms with Crippen molar-refractivity contribution in [1.82, 2.24) is 25.3 Å². The Kier molecular flexibility index (Phi) is 5.10. The van der Waals surface area contributed by atoms with E-state index >= 15 is 0 Å². The van der Waals surface area contributed by atoms with Gasteiger partial charge in [-0.2, -0.15) is 0 Å². The Balaban J connectivity index is 1.46. The van der Waals surface area contributed by atoms with Gasteiger partial charge in [-0.25, -0.2) is 4.79 Å². The van der Waals surface area contributed by atoms with Crippen LogP contribution in [0.4, 0.5) is 4.79 Å². The van der Waals surface area contributed by atoms with E-state index in [0.29, 0.717) is 13.1 Å². The average molecular weight is 329 g/mol. The number of carbonyl (C=O) groups excluding carboxylic acids is 1. The summed E-state index contributed by atoms with van der Waals surface area (Å²) >= 11 is 0. The Morgan fingerprint density at radius 3 is 2.62 bits per heavy atom. The van der Waals surface area contributed by atoms with E-state index in [1.807, 2.05) is 36.9 Å². The van der Waals surface area contributed by atoms with Crippen molar-refractivity contribution < 1.29 is 9.32 Å². The van der Waals surface area contributed by atoms with Gasteiger partial charge in [0, 0.05) is 44.6 Å². The van der Waals surface area contributed by atoms with Gasteiger partial charge in [-0.3, -0.25) is 9.88 Å². The Morgan fingerprint density at radius 1 is 1.29 bits per heavy atom. The van der Waals surface area contributed by atoms with E-state index in [0.717, 1.165) is 36.7 Å². The molecule has 3 heterocycles. The summed E-state index contributed by atoms with van der Waals surface area (Å²) in [4.78, 5) is 20.5. The molecule has 1 atom stereocenters. The molecule has 2 aromatic heterocycles. The molecular weight excluding hydrogens is 306 g/mol. The first-order chi connectivity index (χ1) is 11.6. The molecular formula is C17H23N5O2. The van der Waals surface area contributed by atoms with Crippen LogP contribution in [0.5, 0.6) is 0 Å². The molecule has 7 nitrogen and oxygen atoms in total. The van der Waals surface area contributed by atoms with Gasteiger partial charge in [0.25, 0.3) is 0 Å². The van der Waals surface area contributed by atoms with Crippen LogP contribution < -0.4 is 5.32 Å². The minimum absolute atomic E-state index is 0.0190. The zero-order chi connectivity index (χ0) is 16.9. The molecule has 0 radical (unpaired) electrons. The minimum Gasteiger partial charge on any atom is -0.360 e. The number of rotatable bonds is 4. The van der Waals surface area contributed by atoms with Crippen LogP contribution in [0.2, 0.25) is 0 Å².